The van der Waals surface area contributed by atoms with Crippen LogP contribution in [0.2, 0.25) is 0 Å². The number of nitrogens with zero attached hydrogens (tertiary/aromatic N) is 4. The second-order valence-electron chi connectivity index (χ2n) is 4.51. The fourth-order valence-electron chi connectivity index (χ4n) is 1.22. The number of aromatic nitrogens is 4. The third-order valence-electron chi connectivity index (χ3n) is 2.04. The van der Waals surface area contributed by atoms with Crippen molar-refractivity contribution < 1.29 is 4.80 Å². The van der Waals surface area contributed by atoms with Gasteiger partial charge in [0.2, 0.25) is 5.52 Å². The quantitative estimate of drug-likeness (QED) is 0.688. The van der Waals surface area contributed by atoms with Crippen LogP contribution in [0.1, 0.15) is 20.8 Å². The SMILES string of the molecule is CC(C)(C)[n+]1nnc2c(Br)cc(Br)cc2n1. The van der Waals surface area contributed by atoms with E-state index in [0.717, 1.165) is 20.0 Å². The summed E-state index contributed by atoms with van der Waals surface area (Å²) >= 11 is 6.87. The Morgan fingerprint density at radius 1 is 1.19 bits per heavy atom. The normalized spacial score (nSPS) is 12.1. The van der Waals surface area contributed by atoms with Crippen LogP contribution in [0.15, 0.2) is 21.1 Å². The predicted octanol–water partition coefficient (Wildman–Crippen LogP) is 2.59. The van der Waals surface area contributed by atoms with Crippen LogP contribution in [0, 0.1) is 0 Å². The molecule has 0 aliphatic carbocycles. The Balaban J connectivity index is 2.71. The zero-order valence-electron chi connectivity index (χ0n) is 9.20. The highest BCUT2D eigenvalue weighted by Gasteiger charge is 2.24. The molecule has 0 bridgehead atoms. The van der Waals surface area contributed by atoms with E-state index in [1.54, 1.807) is 4.80 Å². The van der Waals surface area contributed by atoms with E-state index < -0.39 is 0 Å². The molecule has 0 atom stereocenters. The van der Waals surface area contributed by atoms with Gasteiger partial charge in [0.15, 0.2) is 10.7 Å². The van der Waals surface area contributed by atoms with E-state index in [1.165, 1.54) is 0 Å². The molecule has 0 fully saturated rings. The molecule has 0 spiro atoms. The van der Waals surface area contributed by atoms with E-state index in [4.69, 9.17) is 0 Å². The van der Waals surface area contributed by atoms with E-state index in [9.17, 15) is 0 Å². The topological polar surface area (TPSA) is 42.5 Å². The number of hydrogen-bond acceptors (Lipinski definition) is 3. The van der Waals surface area contributed by atoms with Gasteiger partial charge in [0.05, 0.1) is 9.57 Å². The first kappa shape index (κ1) is 11.9. The first-order valence-corrected chi connectivity index (χ1v) is 6.39. The van der Waals surface area contributed by atoms with E-state index in [1.807, 2.05) is 32.9 Å². The summed E-state index contributed by atoms with van der Waals surface area (Å²) in [5.41, 5.74) is 1.41. The van der Waals surface area contributed by atoms with Gasteiger partial charge in [-0.3, -0.25) is 0 Å². The number of fused-ring (bicyclic) bond motifs is 1. The lowest BCUT2D eigenvalue weighted by atomic mass is 10.1. The van der Waals surface area contributed by atoms with Crippen molar-refractivity contribution in [3.63, 3.8) is 0 Å². The Hall–Kier alpha value is -0.620. The van der Waals surface area contributed by atoms with E-state index >= 15 is 0 Å². The average Bonchev–Trinajstić information content (AvgIpc) is 2.15. The minimum atomic E-state index is -0.171. The summed E-state index contributed by atoms with van der Waals surface area (Å²) in [7, 11) is 0. The van der Waals surface area contributed by atoms with E-state index in [2.05, 4.69) is 47.3 Å². The molecule has 1 heterocycles. The minimum absolute atomic E-state index is 0.171. The van der Waals surface area contributed by atoms with Crippen molar-refractivity contribution in [2.45, 2.75) is 26.3 Å². The van der Waals surface area contributed by atoms with Gasteiger partial charge in [0.25, 0.3) is 0 Å². The zero-order valence-corrected chi connectivity index (χ0v) is 12.4. The van der Waals surface area contributed by atoms with Gasteiger partial charge in [0, 0.05) is 4.47 Å². The van der Waals surface area contributed by atoms with Gasteiger partial charge in [-0.15, -0.1) is 0 Å². The molecule has 0 unspecified atom stereocenters. The van der Waals surface area contributed by atoms with Crippen molar-refractivity contribution in [2.24, 2.45) is 0 Å². The van der Waals surface area contributed by atoms with Crippen LogP contribution in [0.5, 0.6) is 0 Å². The fraction of sp³-hybridized carbons (Fsp3) is 0.400. The lowest BCUT2D eigenvalue weighted by Gasteiger charge is -2.10. The highest BCUT2D eigenvalue weighted by Crippen LogP contribution is 2.24. The maximum atomic E-state index is 4.45. The highest BCUT2D eigenvalue weighted by molar-refractivity contribution is 9.11. The van der Waals surface area contributed by atoms with E-state index in [-0.39, 0.29) is 5.54 Å². The van der Waals surface area contributed by atoms with Gasteiger partial charge >= 0.3 is 0 Å². The summed E-state index contributed by atoms with van der Waals surface area (Å²) in [5, 5.41) is 12.7. The molecule has 0 saturated carbocycles. The van der Waals surface area contributed by atoms with E-state index in [0.29, 0.717) is 0 Å². The van der Waals surface area contributed by atoms with Gasteiger partial charge in [0.1, 0.15) is 5.54 Å². The van der Waals surface area contributed by atoms with Crippen molar-refractivity contribution >= 4 is 42.9 Å². The molecule has 4 nitrogen and oxygen atoms in total. The second-order valence-corrected chi connectivity index (χ2v) is 6.28. The molecule has 0 N–H and O–H groups in total. The van der Waals surface area contributed by atoms with Crippen molar-refractivity contribution in [1.29, 1.82) is 0 Å². The molecule has 0 aliphatic rings. The van der Waals surface area contributed by atoms with Gasteiger partial charge in [-0.25, -0.2) is 0 Å². The Kier molecular flexibility index (Phi) is 2.96. The maximum absolute atomic E-state index is 4.45. The molecular weight excluding hydrogens is 336 g/mol. The minimum Gasteiger partial charge on any atom is -0.0565 e. The van der Waals surface area contributed by atoms with Crippen LogP contribution in [0.3, 0.4) is 0 Å². The van der Waals surface area contributed by atoms with Crippen molar-refractivity contribution in [3.05, 3.63) is 21.1 Å². The first-order chi connectivity index (χ1) is 7.38. The summed E-state index contributed by atoms with van der Waals surface area (Å²) in [6, 6.07) is 3.86. The van der Waals surface area contributed by atoms with Crippen LogP contribution < -0.4 is 4.80 Å². The van der Waals surface area contributed by atoms with Crippen LogP contribution in [-0.4, -0.2) is 15.4 Å². The molecule has 0 radical (unpaired) electrons. The summed E-state index contributed by atoms with van der Waals surface area (Å²) in [5.74, 6) is 0. The van der Waals surface area contributed by atoms with Gasteiger partial charge in [-0.05, 0) is 53.6 Å². The molecule has 6 heteroatoms. The number of halogens is 2. The fourth-order valence-corrected chi connectivity index (χ4v) is 2.50. The number of rotatable bonds is 0. The Labute approximate surface area is 110 Å². The number of benzene rings is 1. The molecule has 2 aromatic rings. The van der Waals surface area contributed by atoms with Crippen LogP contribution in [0.25, 0.3) is 11.0 Å². The van der Waals surface area contributed by atoms with Gasteiger partial charge < -0.3 is 0 Å². The van der Waals surface area contributed by atoms with Gasteiger partial charge in [-0.2, -0.15) is 0 Å². The molecule has 0 amide bonds. The average molecular weight is 347 g/mol. The zero-order chi connectivity index (χ0) is 11.9. The molecule has 0 saturated heterocycles. The standard InChI is InChI=1S/C10H11Br2N4/c1-10(2,3)16-14-8-5-6(11)4-7(12)9(8)13-15-16/h4-5H,1-3H3/q+1. The summed E-state index contributed by atoms with van der Waals surface area (Å²) in [6.07, 6.45) is 0. The lowest BCUT2D eigenvalue weighted by Crippen LogP contribution is -2.56. The van der Waals surface area contributed by atoms with Crippen molar-refractivity contribution in [1.82, 2.24) is 15.4 Å². The molecule has 1 aromatic heterocycles. The molecule has 0 aliphatic heterocycles. The van der Waals surface area contributed by atoms with Crippen molar-refractivity contribution in [3.8, 4) is 0 Å². The first-order valence-electron chi connectivity index (χ1n) is 4.80. The third-order valence-corrected chi connectivity index (χ3v) is 3.10. The summed E-state index contributed by atoms with van der Waals surface area (Å²) in [4.78, 5) is 1.62. The Morgan fingerprint density at radius 2 is 1.88 bits per heavy atom. The summed E-state index contributed by atoms with van der Waals surface area (Å²) < 4.78 is 1.85. The third kappa shape index (κ3) is 2.22. The smallest absolute Gasteiger partial charge is 0.0565 e. The second kappa shape index (κ2) is 4.00. The maximum Gasteiger partial charge on any atom is 0.247 e. The lowest BCUT2D eigenvalue weighted by molar-refractivity contribution is -0.857. The van der Waals surface area contributed by atoms with Crippen molar-refractivity contribution in [2.75, 3.05) is 0 Å². The van der Waals surface area contributed by atoms with Crippen LogP contribution in [0.4, 0.5) is 0 Å². The van der Waals surface area contributed by atoms with Gasteiger partial charge in [-0.1, -0.05) is 21.0 Å². The monoisotopic (exact) mass is 345 g/mol. The number of hydrogen-bond donors (Lipinski definition) is 0. The Morgan fingerprint density at radius 3 is 2.50 bits per heavy atom. The largest absolute Gasteiger partial charge is 0.247 e. The molecule has 84 valence electrons. The van der Waals surface area contributed by atoms with Crippen LogP contribution in [-0.2, 0) is 5.54 Å². The summed E-state index contributed by atoms with van der Waals surface area (Å²) in [6.45, 7) is 6.11. The predicted molar refractivity (Wildman–Crippen MR) is 67.9 cm³/mol. The molecule has 2 rings (SSSR count). The molecule has 16 heavy (non-hydrogen) atoms. The van der Waals surface area contributed by atoms with Crippen LogP contribution >= 0.6 is 31.9 Å². The highest BCUT2D eigenvalue weighted by atomic mass is 79.9. The molecule has 1 aromatic carbocycles. The Bertz CT molecular complexity index is 548. The molecular formula is C10H11Br2N4+.